The molecule has 2 heterocycles. The summed E-state index contributed by atoms with van der Waals surface area (Å²) in [6, 6.07) is 7.93. The standard InChI is InChI=1S/C16H22N4OS/c1-18-7-9-19(10-8-18)11-13-12-20(16(22)17-13)14-3-5-15(21-2)6-4-14/h3-6,12H,7-11H2,1-2H3,(H,17,22). The highest BCUT2D eigenvalue weighted by Gasteiger charge is 2.15. The normalized spacial score (nSPS) is 16.8. The van der Waals surface area contributed by atoms with E-state index in [4.69, 9.17) is 17.0 Å². The van der Waals surface area contributed by atoms with E-state index in [2.05, 4.69) is 28.0 Å². The molecule has 0 unspecified atom stereocenters. The maximum Gasteiger partial charge on any atom is 0.182 e. The Morgan fingerprint density at radius 3 is 2.45 bits per heavy atom. The number of methoxy groups -OCH3 is 1. The molecule has 5 nitrogen and oxygen atoms in total. The molecule has 1 aromatic heterocycles. The van der Waals surface area contributed by atoms with Crippen LogP contribution in [0.2, 0.25) is 0 Å². The third-order valence-corrected chi connectivity index (χ3v) is 4.41. The van der Waals surface area contributed by atoms with Crippen LogP contribution in [-0.2, 0) is 6.54 Å². The molecule has 0 saturated carbocycles. The van der Waals surface area contributed by atoms with Gasteiger partial charge in [0.2, 0.25) is 0 Å². The molecule has 0 bridgehead atoms. The second-order valence-corrected chi connectivity index (χ2v) is 6.12. The van der Waals surface area contributed by atoms with E-state index in [1.807, 2.05) is 28.8 Å². The fourth-order valence-electron chi connectivity index (χ4n) is 2.71. The molecule has 1 aliphatic heterocycles. The zero-order chi connectivity index (χ0) is 15.5. The average Bonchev–Trinajstić information content (AvgIpc) is 2.90. The Bertz CT molecular complexity index is 668. The number of rotatable bonds is 4. The van der Waals surface area contributed by atoms with Crippen molar-refractivity contribution in [3.05, 3.63) is 40.9 Å². The molecule has 6 heteroatoms. The van der Waals surface area contributed by atoms with Crippen molar-refractivity contribution < 1.29 is 4.74 Å². The lowest BCUT2D eigenvalue weighted by atomic mass is 10.3. The molecule has 1 fully saturated rings. The summed E-state index contributed by atoms with van der Waals surface area (Å²) in [4.78, 5) is 8.14. The van der Waals surface area contributed by atoms with Crippen LogP contribution in [0.15, 0.2) is 30.5 Å². The van der Waals surface area contributed by atoms with Crippen LogP contribution in [0.3, 0.4) is 0 Å². The zero-order valence-corrected chi connectivity index (χ0v) is 13.9. The highest BCUT2D eigenvalue weighted by Crippen LogP contribution is 2.16. The molecule has 3 rings (SSSR count). The largest absolute Gasteiger partial charge is 0.497 e. The molecule has 0 spiro atoms. The molecule has 1 saturated heterocycles. The summed E-state index contributed by atoms with van der Waals surface area (Å²) in [5, 5.41) is 0. The first-order chi connectivity index (χ1) is 10.7. The molecule has 0 radical (unpaired) electrons. The molecule has 2 aromatic rings. The second-order valence-electron chi connectivity index (χ2n) is 5.73. The highest BCUT2D eigenvalue weighted by atomic mass is 32.1. The van der Waals surface area contributed by atoms with Gasteiger partial charge in [0.25, 0.3) is 0 Å². The third kappa shape index (κ3) is 3.40. The maximum atomic E-state index is 5.45. The maximum absolute atomic E-state index is 5.45. The third-order valence-electron chi connectivity index (χ3n) is 4.11. The van der Waals surface area contributed by atoms with Crippen LogP contribution in [0.25, 0.3) is 5.69 Å². The number of ether oxygens (including phenoxy) is 1. The van der Waals surface area contributed by atoms with Gasteiger partial charge in [0, 0.05) is 50.3 Å². The number of aromatic nitrogens is 2. The van der Waals surface area contributed by atoms with Gasteiger partial charge in [-0.3, -0.25) is 9.47 Å². The van der Waals surface area contributed by atoms with Crippen LogP contribution in [0.1, 0.15) is 5.69 Å². The lowest BCUT2D eigenvalue weighted by molar-refractivity contribution is 0.147. The van der Waals surface area contributed by atoms with E-state index >= 15 is 0 Å². The SMILES string of the molecule is COc1ccc(-n2cc(CN3CCN(C)CC3)[nH]c2=S)cc1. The fourth-order valence-corrected chi connectivity index (χ4v) is 3.00. The Balaban J connectivity index is 1.74. The highest BCUT2D eigenvalue weighted by molar-refractivity contribution is 7.71. The minimum atomic E-state index is 0.731. The molecule has 22 heavy (non-hydrogen) atoms. The van der Waals surface area contributed by atoms with E-state index in [1.54, 1.807) is 7.11 Å². The number of benzene rings is 1. The molecular formula is C16H22N4OS. The number of H-pyrrole nitrogens is 1. The molecule has 1 N–H and O–H groups in total. The van der Waals surface area contributed by atoms with E-state index in [9.17, 15) is 0 Å². The smallest absolute Gasteiger partial charge is 0.182 e. The fraction of sp³-hybridized carbons (Fsp3) is 0.438. The summed E-state index contributed by atoms with van der Waals surface area (Å²) < 4.78 is 7.94. The predicted molar refractivity (Wildman–Crippen MR) is 90.3 cm³/mol. The lowest BCUT2D eigenvalue weighted by Gasteiger charge is -2.31. The summed E-state index contributed by atoms with van der Waals surface area (Å²) in [6.45, 7) is 5.37. The summed E-state index contributed by atoms with van der Waals surface area (Å²) in [5.74, 6) is 0.850. The van der Waals surface area contributed by atoms with Crippen LogP contribution < -0.4 is 4.74 Å². The Kier molecular flexibility index (Phi) is 4.61. The van der Waals surface area contributed by atoms with Gasteiger partial charge in [0.15, 0.2) is 4.77 Å². The van der Waals surface area contributed by atoms with Crippen molar-refractivity contribution >= 4 is 12.2 Å². The number of hydrogen-bond donors (Lipinski definition) is 1. The number of piperazine rings is 1. The van der Waals surface area contributed by atoms with Gasteiger partial charge in [0.05, 0.1) is 7.11 Å². The first-order valence-electron chi connectivity index (χ1n) is 7.51. The minimum Gasteiger partial charge on any atom is -0.497 e. The Morgan fingerprint density at radius 2 is 1.82 bits per heavy atom. The van der Waals surface area contributed by atoms with Crippen molar-refractivity contribution in [2.75, 3.05) is 40.3 Å². The van der Waals surface area contributed by atoms with E-state index in [1.165, 1.54) is 0 Å². The molecule has 0 aliphatic carbocycles. The number of imidazole rings is 1. The zero-order valence-electron chi connectivity index (χ0n) is 13.1. The lowest BCUT2D eigenvalue weighted by Crippen LogP contribution is -2.43. The van der Waals surface area contributed by atoms with Gasteiger partial charge in [-0.25, -0.2) is 0 Å². The number of likely N-dealkylation sites (N-methyl/N-ethyl adjacent to an activating group) is 1. The quantitative estimate of drug-likeness (QED) is 0.878. The average molecular weight is 318 g/mol. The topological polar surface area (TPSA) is 36.4 Å². The van der Waals surface area contributed by atoms with E-state index in [0.29, 0.717) is 0 Å². The van der Waals surface area contributed by atoms with Gasteiger partial charge in [-0.15, -0.1) is 0 Å². The second kappa shape index (κ2) is 6.64. The van der Waals surface area contributed by atoms with Crippen molar-refractivity contribution in [1.29, 1.82) is 0 Å². The van der Waals surface area contributed by atoms with Gasteiger partial charge in [-0.05, 0) is 43.5 Å². The number of nitrogens with one attached hydrogen (secondary N) is 1. The van der Waals surface area contributed by atoms with Gasteiger partial charge in [-0.1, -0.05) is 0 Å². The van der Waals surface area contributed by atoms with Crippen molar-refractivity contribution in [2.24, 2.45) is 0 Å². The van der Waals surface area contributed by atoms with E-state index in [0.717, 1.165) is 54.6 Å². The van der Waals surface area contributed by atoms with Crippen molar-refractivity contribution in [2.45, 2.75) is 6.54 Å². The molecular weight excluding hydrogens is 296 g/mol. The van der Waals surface area contributed by atoms with E-state index in [-0.39, 0.29) is 0 Å². The number of aromatic amines is 1. The van der Waals surface area contributed by atoms with Crippen LogP contribution in [0.5, 0.6) is 5.75 Å². The van der Waals surface area contributed by atoms with Gasteiger partial charge < -0.3 is 14.6 Å². The van der Waals surface area contributed by atoms with Crippen LogP contribution >= 0.6 is 12.2 Å². The summed E-state index contributed by atoms with van der Waals surface area (Å²) in [6.07, 6.45) is 2.10. The minimum absolute atomic E-state index is 0.731. The number of hydrogen-bond acceptors (Lipinski definition) is 4. The van der Waals surface area contributed by atoms with E-state index < -0.39 is 0 Å². The van der Waals surface area contributed by atoms with Crippen LogP contribution in [0, 0.1) is 4.77 Å². The Morgan fingerprint density at radius 1 is 1.14 bits per heavy atom. The van der Waals surface area contributed by atoms with Crippen molar-refractivity contribution in [3.63, 3.8) is 0 Å². The molecule has 0 atom stereocenters. The summed E-state index contributed by atoms with van der Waals surface area (Å²) in [7, 11) is 3.84. The molecule has 1 aromatic carbocycles. The molecule has 1 aliphatic rings. The first kappa shape index (κ1) is 15.3. The van der Waals surface area contributed by atoms with Gasteiger partial charge >= 0.3 is 0 Å². The summed E-state index contributed by atoms with van der Waals surface area (Å²) >= 11 is 5.45. The van der Waals surface area contributed by atoms with Crippen molar-refractivity contribution in [3.8, 4) is 11.4 Å². The van der Waals surface area contributed by atoms with Crippen molar-refractivity contribution in [1.82, 2.24) is 19.4 Å². The first-order valence-corrected chi connectivity index (χ1v) is 7.92. The predicted octanol–water partition coefficient (Wildman–Crippen LogP) is 2.29. The van der Waals surface area contributed by atoms with Gasteiger partial charge in [0.1, 0.15) is 5.75 Å². The monoisotopic (exact) mass is 318 g/mol. The van der Waals surface area contributed by atoms with Crippen LogP contribution in [-0.4, -0.2) is 59.7 Å². The number of nitrogens with zero attached hydrogens (tertiary/aromatic N) is 3. The summed E-state index contributed by atoms with van der Waals surface area (Å²) in [5.41, 5.74) is 2.21. The Hall–Kier alpha value is -1.63. The molecule has 118 valence electrons. The van der Waals surface area contributed by atoms with Crippen LogP contribution in [0.4, 0.5) is 0 Å². The van der Waals surface area contributed by atoms with Gasteiger partial charge in [-0.2, -0.15) is 0 Å². The molecule has 0 amide bonds. The Labute approximate surface area is 136 Å².